The molecule has 4 heteroatoms. The maximum Gasteiger partial charge on any atom is 0.260 e. The van der Waals surface area contributed by atoms with Crippen LogP contribution in [-0.2, 0) is 4.79 Å². The smallest absolute Gasteiger partial charge is 0.260 e. The predicted octanol–water partition coefficient (Wildman–Crippen LogP) is 3.11. The normalized spacial score (nSPS) is 11.8. The SMILES string of the molecule is CCCOc1ccc(OCC(=O)N(C)C(C)CC)cc1. The van der Waals surface area contributed by atoms with E-state index in [0.29, 0.717) is 12.4 Å². The topological polar surface area (TPSA) is 38.8 Å². The third-order valence-electron chi connectivity index (χ3n) is 3.30. The van der Waals surface area contributed by atoms with Gasteiger partial charge in [-0.15, -0.1) is 0 Å². The number of rotatable bonds is 8. The van der Waals surface area contributed by atoms with Crippen molar-refractivity contribution in [3.63, 3.8) is 0 Å². The molecule has 1 rings (SSSR count). The van der Waals surface area contributed by atoms with Crippen molar-refractivity contribution in [2.24, 2.45) is 0 Å². The van der Waals surface area contributed by atoms with Crippen molar-refractivity contribution in [2.45, 2.75) is 39.7 Å². The first-order valence-corrected chi connectivity index (χ1v) is 7.19. The Morgan fingerprint density at radius 2 is 1.70 bits per heavy atom. The van der Waals surface area contributed by atoms with Gasteiger partial charge in [0.1, 0.15) is 11.5 Å². The molecule has 1 aromatic rings. The van der Waals surface area contributed by atoms with Crippen LogP contribution in [0.2, 0.25) is 0 Å². The number of nitrogens with zero attached hydrogens (tertiary/aromatic N) is 1. The second-order valence-corrected chi connectivity index (χ2v) is 4.87. The molecule has 0 aliphatic heterocycles. The molecule has 1 atom stereocenters. The summed E-state index contributed by atoms with van der Waals surface area (Å²) in [5.74, 6) is 1.49. The van der Waals surface area contributed by atoms with Crippen LogP contribution in [0.4, 0.5) is 0 Å². The molecular weight excluding hydrogens is 254 g/mol. The highest BCUT2D eigenvalue weighted by Gasteiger charge is 2.14. The Kier molecular flexibility index (Phi) is 6.91. The van der Waals surface area contributed by atoms with Crippen molar-refractivity contribution in [1.82, 2.24) is 4.90 Å². The molecule has 0 heterocycles. The summed E-state index contributed by atoms with van der Waals surface area (Å²) < 4.78 is 11.0. The van der Waals surface area contributed by atoms with Crippen LogP contribution >= 0.6 is 0 Å². The van der Waals surface area contributed by atoms with E-state index in [1.165, 1.54) is 0 Å². The van der Waals surface area contributed by atoms with Crippen LogP contribution in [-0.4, -0.2) is 37.1 Å². The van der Waals surface area contributed by atoms with Crippen molar-refractivity contribution >= 4 is 5.91 Å². The highest BCUT2D eigenvalue weighted by molar-refractivity contribution is 5.77. The molecule has 0 aliphatic carbocycles. The van der Waals surface area contributed by atoms with Crippen molar-refractivity contribution in [2.75, 3.05) is 20.3 Å². The van der Waals surface area contributed by atoms with Gasteiger partial charge < -0.3 is 14.4 Å². The lowest BCUT2D eigenvalue weighted by Crippen LogP contribution is -2.37. The Hall–Kier alpha value is -1.71. The summed E-state index contributed by atoms with van der Waals surface area (Å²) in [5.41, 5.74) is 0. The molecule has 0 saturated carbocycles. The van der Waals surface area contributed by atoms with Gasteiger partial charge in [-0.05, 0) is 44.0 Å². The van der Waals surface area contributed by atoms with Gasteiger partial charge in [-0.2, -0.15) is 0 Å². The Morgan fingerprint density at radius 1 is 1.15 bits per heavy atom. The summed E-state index contributed by atoms with van der Waals surface area (Å²) in [6.45, 7) is 6.92. The molecule has 0 spiro atoms. The molecule has 0 saturated heterocycles. The lowest BCUT2D eigenvalue weighted by Gasteiger charge is -2.23. The van der Waals surface area contributed by atoms with Crippen LogP contribution in [0.25, 0.3) is 0 Å². The van der Waals surface area contributed by atoms with Gasteiger partial charge in [0.05, 0.1) is 6.61 Å². The number of carbonyl (C=O) groups is 1. The maximum atomic E-state index is 11.9. The molecule has 0 radical (unpaired) electrons. The first-order chi connectivity index (χ1) is 9.58. The highest BCUT2D eigenvalue weighted by Crippen LogP contribution is 2.17. The van der Waals surface area contributed by atoms with E-state index in [-0.39, 0.29) is 18.6 Å². The van der Waals surface area contributed by atoms with Crippen molar-refractivity contribution < 1.29 is 14.3 Å². The second-order valence-electron chi connectivity index (χ2n) is 4.87. The molecule has 0 aliphatic rings. The number of carbonyl (C=O) groups excluding carboxylic acids is 1. The molecule has 1 amide bonds. The standard InChI is InChI=1S/C16H25NO3/c1-5-11-19-14-7-9-15(10-8-14)20-12-16(18)17(4)13(3)6-2/h7-10,13H,5-6,11-12H2,1-4H3. The van der Waals surface area contributed by atoms with Crippen LogP contribution in [0.5, 0.6) is 11.5 Å². The van der Waals surface area contributed by atoms with Gasteiger partial charge in [0.25, 0.3) is 5.91 Å². The van der Waals surface area contributed by atoms with E-state index in [2.05, 4.69) is 13.8 Å². The quantitative estimate of drug-likeness (QED) is 0.734. The van der Waals surface area contributed by atoms with Gasteiger partial charge in [-0.1, -0.05) is 13.8 Å². The minimum Gasteiger partial charge on any atom is -0.494 e. The molecule has 1 unspecified atom stereocenters. The average molecular weight is 279 g/mol. The zero-order valence-electron chi connectivity index (χ0n) is 12.9. The zero-order chi connectivity index (χ0) is 15.0. The van der Waals surface area contributed by atoms with Crippen LogP contribution in [0.3, 0.4) is 0 Å². The molecule has 4 nitrogen and oxygen atoms in total. The van der Waals surface area contributed by atoms with Crippen molar-refractivity contribution in [3.8, 4) is 11.5 Å². The Labute approximate surface area is 121 Å². The largest absolute Gasteiger partial charge is 0.494 e. The predicted molar refractivity (Wildman–Crippen MR) is 80.2 cm³/mol. The number of benzene rings is 1. The average Bonchev–Trinajstić information content (AvgIpc) is 2.49. The van der Waals surface area contributed by atoms with E-state index in [9.17, 15) is 4.79 Å². The summed E-state index contributed by atoms with van der Waals surface area (Å²) in [4.78, 5) is 13.6. The van der Waals surface area contributed by atoms with E-state index in [4.69, 9.17) is 9.47 Å². The van der Waals surface area contributed by atoms with Crippen LogP contribution in [0.15, 0.2) is 24.3 Å². The van der Waals surface area contributed by atoms with Gasteiger partial charge in [-0.3, -0.25) is 4.79 Å². The van der Waals surface area contributed by atoms with Gasteiger partial charge in [-0.25, -0.2) is 0 Å². The fraction of sp³-hybridized carbons (Fsp3) is 0.562. The van der Waals surface area contributed by atoms with Crippen LogP contribution in [0, 0.1) is 0 Å². The number of hydrogen-bond acceptors (Lipinski definition) is 3. The summed E-state index contributed by atoms with van der Waals surface area (Å²) in [5, 5.41) is 0. The second kappa shape index (κ2) is 8.46. The van der Waals surface area contributed by atoms with Crippen LogP contribution < -0.4 is 9.47 Å². The zero-order valence-corrected chi connectivity index (χ0v) is 12.9. The Bertz CT molecular complexity index is 403. The van der Waals surface area contributed by atoms with E-state index in [1.807, 2.05) is 38.2 Å². The number of hydrogen-bond donors (Lipinski definition) is 0. The number of amides is 1. The lowest BCUT2D eigenvalue weighted by molar-refractivity contribution is -0.133. The molecule has 112 valence electrons. The lowest BCUT2D eigenvalue weighted by atomic mass is 10.2. The molecule has 0 bridgehead atoms. The summed E-state index contributed by atoms with van der Waals surface area (Å²) >= 11 is 0. The first kappa shape index (κ1) is 16.3. The monoisotopic (exact) mass is 279 g/mol. The Morgan fingerprint density at radius 3 is 2.20 bits per heavy atom. The third kappa shape index (κ3) is 5.11. The molecule has 0 N–H and O–H groups in total. The summed E-state index contributed by atoms with van der Waals surface area (Å²) in [7, 11) is 1.81. The molecule has 20 heavy (non-hydrogen) atoms. The fourth-order valence-electron chi connectivity index (χ4n) is 1.62. The summed E-state index contributed by atoms with van der Waals surface area (Å²) in [6.07, 6.45) is 1.92. The van der Waals surface area contributed by atoms with E-state index < -0.39 is 0 Å². The highest BCUT2D eigenvalue weighted by atomic mass is 16.5. The molecule has 0 fully saturated rings. The molecule has 0 aromatic heterocycles. The Balaban J connectivity index is 2.43. The maximum absolute atomic E-state index is 11.9. The molecular formula is C16H25NO3. The van der Waals surface area contributed by atoms with Gasteiger partial charge in [0.2, 0.25) is 0 Å². The van der Waals surface area contributed by atoms with Crippen molar-refractivity contribution in [1.29, 1.82) is 0 Å². The van der Waals surface area contributed by atoms with Gasteiger partial charge in [0, 0.05) is 13.1 Å². The first-order valence-electron chi connectivity index (χ1n) is 7.19. The van der Waals surface area contributed by atoms with Gasteiger partial charge in [0.15, 0.2) is 6.61 Å². The fourth-order valence-corrected chi connectivity index (χ4v) is 1.62. The summed E-state index contributed by atoms with van der Waals surface area (Å²) in [6, 6.07) is 7.58. The molecule has 1 aromatic carbocycles. The van der Waals surface area contributed by atoms with Crippen molar-refractivity contribution in [3.05, 3.63) is 24.3 Å². The van der Waals surface area contributed by atoms with Crippen LogP contribution in [0.1, 0.15) is 33.6 Å². The number of ether oxygens (including phenoxy) is 2. The minimum atomic E-state index is -0.00865. The number of likely N-dealkylation sites (N-methyl/N-ethyl adjacent to an activating group) is 1. The van der Waals surface area contributed by atoms with Gasteiger partial charge >= 0.3 is 0 Å². The third-order valence-corrected chi connectivity index (χ3v) is 3.30. The van der Waals surface area contributed by atoms with E-state index in [0.717, 1.165) is 18.6 Å². The van der Waals surface area contributed by atoms with E-state index >= 15 is 0 Å². The van der Waals surface area contributed by atoms with E-state index in [1.54, 1.807) is 4.90 Å². The minimum absolute atomic E-state index is 0.00865.